The monoisotopic (exact) mass is 329 g/mol. The average molecular weight is 330 g/mol. The zero-order chi connectivity index (χ0) is 15.8. The van der Waals surface area contributed by atoms with E-state index in [9.17, 15) is 13.2 Å². The van der Waals surface area contributed by atoms with Crippen molar-refractivity contribution < 1.29 is 13.2 Å². The molecule has 10 heteroatoms. The van der Waals surface area contributed by atoms with E-state index in [4.69, 9.17) is 11.6 Å². The second-order valence-electron chi connectivity index (χ2n) is 4.43. The van der Waals surface area contributed by atoms with Gasteiger partial charge in [-0.2, -0.15) is 0 Å². The van der Waals surface area contributed by atoms with E-state index in [0.717, 1.165) is 6.26 Å². The highest BCUT2D eigenvalue weighted by Gasteiger charge is 2.22. The van der Waals surface area contributed by atoms with Gasteiger partial charge in [-0.15, -0.1) is 0 Å². The first-order valence-corrected chi connectivity index (χ1v) is 8.01. The van der Waals surface area contributed by atoms with Gasteiger partial charge in [0.25, 0.3) is 5.91 Å². The number of nitrogens with zero attached hydrogens (tertiary/aromatic N) is 4. The van der Waals surface area contributed by atoms with Crippen LogP contribution in [0.15, 0.2) is 17.0 Å². The van der Waals surface area contributed by atoms with Crippen molar-refractivity contribution in [1.29, 1.82) is 0 Å². The number of carbonyl (C=O) groups is 1. The minimum absolute atomic E-state index is 0.0330. The molecule has 8 nitrogen and oxygen atoms in total. The molecule has 0 atom stereocenters. The Morgan fingerprint density at radius 2 is 2.05 bits per heavy atom. The van der Waals surface area contributed by atoms with Crippen LogP contribution in [0.1, 0.15) is 15.9 Å². The number of rotatable bonds is 3. The second kappa shape index (κ2) is 5.41. The molecule has 1 amide bonds. The van der Waals surface area contributed by atoms with Gasteiger partial charge in [0.15, 0.2) is 9.84 Å². The molecule has 0 radical (unpaired) electrons. The Kier molecular flexibility index (Phi) is 3.97. The molecule has 1 aromatic carbocycles. The van der Waals surface area contributed by atoms with E-state index >= 15 is 0 Å². The van der Waals surface area contributed by atoms with Crippen molar-refractivity contribution in [2.24, 2.45) is 7.05 Å². The van der Waals surface area contributed by atoms with Gasteiger partial charge in [-0.25, -0.2) is 13.1 Å². The second-order valence-corrected chi connectivity index (χ2v) is 6.76. The maximum Gasteiger partial charge on any atom is 0.259 e. The van der Waals surface area contributed by atoms with Crippen molar-refractivity contribution in [3.63, 3.8) is 0 Å². The highest BCUT2D eigenvalue weighted by Crippen LogP contribution is 2.29. The van der Waals surface area contributed by atoms with E-state index in [0.29, 0.717) is 5.56 Å². The summed E-state index contributed by atoms with van der Waals surface area (Å²) in [5.41, 5.74) is 0.505. The summed E-state index contributed by atoms with van der Waals surface area (Å²) >= 11 is 6.08. The topological polar surface area (TPSA) is 107 Å². The fourth-order valence-electron chi connectivity index (χ4n) is 1.79. The first-order chi connectivity index (χ1) is 9.71. The van der Waals surface area contributed by atoms with E-state index in [2.05, 4.69) is 20.8 Å². The Hall–Kier alpha value is -2.00. The molecule has 0 aliphatic heterocycles. The van der Waals surface area contributed by atoms with Crippen LogP contribution >= 0.6 is 11.6 Å². The largest absolute Gasteiger partial charge is 0.289 e. The summed E-state index contributed by atoms with van der Waals surface area (Å²) in [6.07, 6.45) is 1.04. The number of sulfone groups is 1. The van der Waals surface area contributed by atoms with Gasteiger partial charge in [0, 0.05) is 13.3 Å². The number of hydrogen-bond donors (Lipinski definition) is 1. The Balaban J connectivity index is 2.46. The van der Waals surface area contributed by atoms with Crippen molar-refractivity contribution in [3.8, 4) is 0 Å². The van der Waals surface area contributed by atoms with Crippen LogP contribution in [0.2, 0.25) is 5.02 Å². The van der Waals surface area contributed by atoms with E-state index in [1.165, 1.54) is 16.8 Å². The Bertz CT molecular complexity index is 815. The molecule has 0 saturated heterocycles. The third-order valence-electron chi connectivity index (χ3n) is 2.75. The lowest BCUT2D eigenvalue weighted by atomic mass is 10.1. The minimum Gasteiger partial charge on any atom is -0.289 e. The van der Waals surface area contributed by atoms with E-state index in [1.54, 1.807) is 14.0 Å². The van der Waals surface area contributed by atoms with Gasteiger partial charge in [-0.1, -0.05) is 22.8 Å². The lowest BCUT2D eigenvalue weighted by Gasteiger charge is -2.11. The molecule has 1 N–H and O–H groups in total. The van der Waals surface area contributed by atoms with Crippen molar-refractivity contribution in [2.45, 2.75) is 11.8 Å². The molecule has 0 fully saturated rings. The highest BCUT2D eigenvalue weighted by molar-refractivity contribution is 7.90. The summed E-state index contributed by atoms with van der Waals surface area (Å²) in [7, 11) is -2.00. The Labute approximate surface area is 126 Å². The zero-order valence-electron chi connectivity index (χ0n) is 11.5. The summed E-state index contributed by atoms with van der Waals surface area (Å²) in [6, 6.07) is 2.97. The normalized spacial score (nSPS) is 11.4. The number of aryl methyl sites for hydroxylation is 2. The molecule has 0 spiro atoms. The van der Waals surface area contributed by atoms with Crippen molar-refractivity contribution in [1.82, 2.24) is 20.2 Å². The number of nitrogens with one attached hydrogen (secondary N) is 1. The average Bonchev–Trinajstić information content (AvgIpc) is 2.73. The summed E-state index contributed by atoms with van der Waals surface area (Å²) in [5, 5.41) is 12.9. The summed E-state index contributed by atoms with van der Waals surface area (Å²) in [4.78, 5) is 12.1. The van der Waals surface area contributed by atoms with Gasteiger partial charge in [0.05, 0.1) is 15.5 Å². The number of amides is 1. The zero-order valence-corrected chi connectivity index (χ0v) is 13.0. The van der Waals surface area contributed by atoms with Crippen LogP contribution in [-0.4, -0.2) is 40.8 Å². The molecule has 1 aromatic heterocycles. The first-order valence-electron chi connectivity index (χ1n) is 5.74. The summed E-state index contributed by atoms with van der Waals surface area (Å²) in [6.45, 7) is 1.61. The van der Waals surface area contributed by atoms with Crippen LogP contribution in [0.25, 0.3) is 0 Å². The molecule has 0 aliphatic carbocycles. The SMILES string of the molecule is Cc1ccc(C(=O)Nc2nnnn2C)c(Cl)c1S(C)(=O)=O. The number of anilines is 1. The molecular formula is C11H12ClN5O3S. The predicted octanol–water partition coefficient (Wildman–Crippen LogP) is 0.828. The van der Waals surface area contributed by atoms with Crippen molar-refractivity contribution >= 4 is 33.3 Å². The molecule has 0 bridgehead atoms. The number of hydrogen-bond acceptors (Lipinski definition) is 6. The van der Waals surface area contributed by atoms with Crippen LogP contribution in [0, 0.1) is 6.92 Å². The van der Waals surface area contributed by atoms with Gasteiger partial charge in [0.2, 0.25) is 5.95 Å². The number of halogens is 1. The Morgan fingerprint density at radius 3 is 2.57 bits per heavy atom. The molecule has 0 saturated carbocycles. The molecule has 1 heterocycles. The molecule has 2 aromatic rings. The van der Waals surface area contributed by atoms with Crippen LogP contribution in [-0.2, 0) is 16.9 Å². The van der Waals surface area contributed by atoms with Crippen LogP contribution < -0.4 is 5.32 Å². The van der Waals surface area contributed by atoms with Gasteiger partial charge < -0.3 is 0 Å². The number of tetrazole rings is 1. The third-order valence-corrected chi connectivity index (χ3v) is 4.53. The standard InChI is InChI=1S/C11H12ClN5O3S/c1-6-4-5-7(8(12)9(6)21(3,19)20)10(18)13-11-14-15-16-17(11)2/h4-5H,1-3H3,(H,13,14,16,18). The van der Waals surface area contributed by atoms with Gasteiger partial charge in [0.1, 0.15) is 0 Å². The smallest absolute Gasteiger partial charge is 0.259 e. The van der Waals surface area contributed by atoms with Gasteiger partial charge in [-0.3, -0.25) is 10.1 Å². The maximum absolute atomic E-state index is 12.2. The Morgan fingerprint density at radius 1 is 1.38 bits per heavy atom. The van der Waals surface area contributed by atoms with Crippen LogP contribution in [0.3, 0.4) is 0 Å². The van der Waals surface area contributed by atoms with Crippen LogP contribution in [0.4, 0.5) is 5.95 Å². The highest BCUT2D eigenvalue weighted by atomic mass is 35.5. The van der Waals surface area contributed by atoms with E-state index < -0.39 is 15.7 Å². The molecule has 0 aliphatic rings. The predicted molar refractivity (Wildman–Crippen MR) is 76.1 cm³/mol. The van der Waals surface area contributed by atoms with E-state index in [-0.39, 0.29) is 21.4 Å². The fourth-order valence-corrected chi connectivity index (χ4v) is 3.59. The first kappa shape index (κ1) is 15.4. The molecule has 2 rings (SSSR count). The van der Waals surface area contributed by atoms with Crippen molar-refractivity contribution in [2.75, 3.05) is 11.6 Å². The third kappa shape index (κ3) is 3.03. The minimum atomic E-state index is -3.55. The molecule has 112 valence electrons. The van der Waals surface area contributed by atoms with E-state index in [1.807, 2.05) is 0 Å². The summed E-state index contributed by atoms with van der Waals surface area (Å²) in [5.74, 6) is -0.472. The van der Waals surface area contributed by atoms with Crippen molar-refractivity contribution in [3.05, 3.63) is 28.3 Å². The lowest BCUT2D eigenvalue weighted by molar-refractivity contribution is 0.102. The quantitative estimate of drug-likeness (QED) is 0.893. The maximum atomic E-state index is 12.2. The number of benzene rings is 1. The van der Waals surface area contributed by atoms with Gasteiger partial charge in [-0.05, 0) is 29.0 Å². The van der Waals surface area contributed by atoms with Gasteiger partial charge >= 0.3 is 0 Å². The van der Waals surface area contributed by atoms with Crippen LogP contribution in [0.5, 0.6) is 0 Å². The number of aromatic nitrogens is 4. The lowest BCUT2D eigenvalue weighted by Crippen LogP contribution is -2.17. The molecule has 0 unspecified atom stereocenters. The molecular weight excluding hydrogens is 318 g/mol. The number of carbonyl (C=O) groups excluding carboxylic acids is 1. The summed E-state index contributed by atoms with van der Waals surface area (Å²) < 4.78 is 24.8. The fraction of sp³-hybridized carbons (Fsp3) is 0.273. The molecule has 21 heavy (non-hydrogen) atoms.